The van der Waals surface area contributed by atoms with Crippen LogP contribution in [0.1, 0.15) is 71.4 Å². The smallest absolute Gasteiger partial charge is 0.394 e. The minimum Gasteiger partial charge on any atom is -0.477 e. The summed E-state index contributed by atoms with van der Waals surface area (Å²) in [7, 11) is 0. The molecule has 5 heterocycles. The van der Waals surface area contributed by atoms with Gasteiger partial charge in [-0.1, -0.05) is 11.9 Å². The number of alkyl halides is 3. The molecule has 220 valence electrons. The van der Waals surface area contributed by atoms with Gasteiger partial charge in [0.05, 0.1) is 18.2 Å². The van der Waals surface area contributed by atoms with Crippen LogP contribution in [0.2, 0.25) is 0 Å². The summed E-state index contributed by atoms with van der Waals surface area (Å²) in [5, 5.41) is 11.5. The van der Waals surface area contributed by atoms with Crippen molar-refractivity contribution in [3.8, 4) is 5.88 Å². The highest BCUT2D eigenvalue weighted by Gasteiger charge is 2.62. The molecular formula is C27H44F3N7OS. The van der Waals surface area contributed by atoms with E-state index in [1.165, 1.54) is 19.3 Å². The molecule has 1 aromatic heterocycles. The first-order valence-electron chi connectivity index (χ1n) is 14.8. The maximum atomic E-state index is 13.2. The van der Waals surface area contributed by atoms with Gasteiger partial charge in [-0.25, -0.2) is 5.01 Å². The van der Waals surface area contributed by atoms with Crippen molar-refractivity contribution in [3.05, 3.63) is 12.3 Å². The van der Waals surface area contributed by atoms with E-state index in [0.29, 0.717) is 23.0 Å². The zero-order valence-electron chi connectivity index (χ0n) is 23.2. The zero-order chi connectivity index (χ0) is 27.3. The van der Waals surface area contributed by atoms with Gasteiger partial charge in [-0.3, -0.25) is 25.0 Å². The van der Waals surface area contributed by atoms with Gasteiger partial charge in [0.1, 0.15) is 6.17 Å². The Bertz CT molecular complexity index is 987. The van der Waals surface area contributed by atoms with Crippen LogP contribution in [0.25, 0.3) is 0 Å². The molecule has 5 fully saturated rings. The number of fused-ring (bicyclic) bond motifs is 6. The van der Waals surface area contributed by atoms with E-state index in [1.807, 2.05) is 22.8 Å². The predicted octanol–water partition coefficient (Wildman–Crippen LogP) is 4.14. The number of nitrogens with one attached hydrogen (secondary N) is 3. The summed E-state index contributed by atoms with van der Waals surface area (Å²) in [6.45, 7) is 10.1. The number of nitrogens with zero attached hydrogens (tertiary/aromatic N) is 4. The topological polar surface area (TPSA) is 69.6 Å². The van der Waals surface area contributed by atoms with Crippen molar-refractivity contribution in [3.63, 3.8) is 0 Å². The van der Waals surface area contributed by atoms with Gasteiger partial charge in [-0.15, -0.1) is 5.10 Å². The van der Waals surface area contributed by atoms with Gasteiger partial charge >= 0.3 is 6.18 Å². The standard InChI is InChI=1S/C27H44F3N7OS/c1-25(2)14-19-4-3-11-35-18-21(16-31-35)39-32-15-20-5-6-22(33-24(20)36(25)17-19)37-12-7-23(34-37)38-13-10-26(8-9-26)27(28,29)30/h7,12,19-22,24,31-33H,3-6,8-11,13-18H2,1-2H3. The van der Waals surface area contributed by atoms with E-state index < -0.39 is 11.6 Å². The Kier molecular flexibility index (Phi) is 7.91. The van der Waals surface area contributed by atoms with Gasteiger partial charge in [0.2, 0.25) is 5.88 Å². The molecule has 39 heavy (non-hydrogen) atoms. The molecular weight excluding hydrogens is 527 g/mol. The third kappa shape index (κ3) is 6.11. The third-order valence-corrected chi connectivity index (χ3v) is 10.8. The fraction of sp³-hybridized carbons (Fsp3) is 0.889. The number of hydrazine groups is 1. The summed E-state index contributed by atoms with van der Waals surface area (Å²) in [4.78, 5) is 2.70. The quantitative estimate of drug-likeness (QED) is 0.456. The molecule has 5 aliphatic rings. The Morgan fingerprint density at radius 1 is 1.15 bits per heavy atom. The van der Waals surface area contributed by atoms with Crippen LogP contribution in [-0.4, -0.2) is 82.2 Å². The highest BCUT2D eigenvalue weighted by Crippen LogP contribution is 2.59. The summed E-state index contributed by atoms with van der Waals surface area (Å²) in [6, 6.07) is 1.78. The monoisotopic (exact) mass is 571 g/mol. The molecule has 8 nitrogen and oxygen atoms in total. The summed E-state index contributed by atoms with van der Waals surface area (Å²) in [5.41, 5.74) is 2.15. The van der Waals surface area contributed by atoms with E-state index in [2.05, 4.69) is 44.3 Å². The van der Waals surface area contributed by atoms with Crippen molar-refractivity contribution in [2.75, 3.05) is 39.3 Å². The highest BCUT2D eigenvalue weighted by molar-refractivity contribution is 7.98. The van der Waals surface area contributed by atoms with Gasteiger partial charge in [0.15, 0.2) is 0 Å². The van der Waals surface area contributed by atoms with E-state index in [0.717, 1.165) is 45.6 Å². The predicted molar refractivity (Wildman–Crippen MR) is 146 cm³/mol. The van der Waals surface area contributed by atoms with E-state index in [4.69, 9.17) is 4.74 Å². The van der Waals surface area contributed by atoms with Gasteiger partial charge in [0, 0.05) is 61.7 Å². The Hall–Kier alpha value is -1.05. The van der Waals surface area contributed by atoms with Crippen molar-refractivity contribution in [1.82, 2.24) is 35.2 Å². The average molecular weight is 572 g/mol. The molecule has 3 N–H and O–H groups in total. The lowest BCUT2D eigenvalue weighted by atomic mass is 9.90. The van der Waals surface area contributed by atoms with E-state index in [1.54, 1.807) is 6.07 Å². The molecule has 4 saturated heterocycles. The number of aromatic nitrogens is 2. The van der Waals surface area contributed by atoms with Crippen LogP contribution in [0.4, 0.5) is 13.2 Å². The van der Waals surface area contributed by atoms with E-state index in [9.17, 15) is 13.2 Å². The number of ether oxygens (including phenoxy) is 1. The van der Waals surface area contributed by atoms with Crippen LogP contribution in [0, 0.1) is 17.3 Å². The van der Waals surface area contributed by atoms with Crippen LogP contribution in [0.5, 0.6) is 5.88 Å². The van der Waals surface area contributed by atoms with Crippen molar-refractivity contribution in [2.45, 2.75) is 94.5 Å². The minimum absolute atomic E-state index is 0.0000350. The normalized spacial score (nSPS) is 38.1. The molecule has 7 unspecified atom stereocenters. The van der Waals surface area contributed by atoms with Gasteiger partial charge < -0.3 is 4.74 Å². The molecule has 4 aliphatic heterocycles. The van der Waals surface area contributed by atoms with Gasteiger partial charge in [-0.05, 0) is 71.1 Å². The number of rotatable bonds is 5. The molecule has 0 radical (unpaired) electrons. The fourth-order valence-corrected chi connectivity index (χ4v) is 8.22. The lowest BCUT2D eigenvalue weighted by Crippen LogP contribution is -2.60. The van der Waals surface area contributed by atoms with Crippen LogP contribution < -0.4 is 20.2 Å². The van der Waals surface area contributed by atoms with Crippen LogP contribution in [0.15, 0.2) is 12.3 Å². The molecule has 12 heteroatoms. The summed E-state index contributed by atoms with van der Waals surface area (Å²) >= 11 is 1.88. The summed E-state index contributed by atoms with van der Waals surface area (Å²) in [5.74, 6) is 1.58. The summed E-state index contributed by atoms with van der Waals surface area (Å²) in [6.07, 6.45) is 4.14. The first-order chi connectivity index (χ1) is 18.6. The molecule has 0 aromatic carbocycles. The molecule has 6 rings (SSSR count). The zero-order valence-corrected chi connectivity index (χ0v) is 24.0. The van der Waals surface area contributed by atoms with Crippen molar-refractivity contribution in [1.29, 1.82) is 0 Å². The van der Waals surface area contributed by atoms with Gasteiger partial charge in [0.25, 0.3) is 0 Å². The second kappa shape index (κ2) is 11.0. The molecule has 7 atom stereocenters. The van der Waals surface area contributed by atoms with Crippen LogP contribution >= 0.6 is 11.9 Å². The van der Waals surface area contributed by atoms with Crippen LogP contribution in [-0.2, 0) is 0 Å². The number of halogens is 3. The summed E-state index contributed by atoms with van der Waals surface area (Å²) < 4.78 is 51.1. The first-order valence-corrected chi connectivity index (χ1v) is 15.6. The maximum Gasteiger partial charge on any atom is 0.394 e. The molecule has 1 saturated carbocycles. The molecule has 0 spiro atoms. The largest absolute Gasteiger partial charge is 0.477 e. The second-order valence-electron chi connectivity index (χ2n) is 13.0. The Morgan fingerprint density at radius 3 is 2.79 bits per heavy atom. The highest BCUT2D eigenvalue weighted by atomic mass is 32.2. The minimum atomic E-state index is -4.14. The Labute approximate surface area is 234 Å². The van der Waals surface area contributed by atoms with Gasteiger partial charge in [-0.2, -0.15) is 13.2 Å². The first kappa shape index (κ1) is 28.1. The Balaban J connectivity index is 1.11. The van der Waals surface area contributed by atoms with Crippen molar-refractivity contribution < 1.29 is 17.9 Å². The number of hydrogen-bond acceptors (Lipinski definition) is 8. The van der Waals surface area contributed by atoms with Crippen molar-refractivity contribution in [2.24, 2.45) is 17.3 Å². The maximum absolute atomic E-state index is 13.2. The van der Waals surface area contributed by atoms with Crippen molar-refractivity contribution >= 4 is 11.9 Å². The van der Waals surface area contributed by atoms with Crippen LogP contribution in [0.3, 0.4) is 0 Å². The lowest BCUT2D eigenvalue weighted by Gasteiger charge is -2.47. The second-order valence-corrected chi connectivity index (χ2v) is 14.2. The third-order valence-electron chi connectivity index (χ3n) is 9.77. The lowest BCUT2D eigenvalue weighted by molar-refractivity contribution is -0.190. The SMILES string of the molecule is CC1(C)CC2CCCN3CC(CN3)SNCC3CCC(n4ccc(OCCC5(C(F)(F)F)CC5)n4)NC3N1C2. The van der Waals surface area contributed by atoms with E-state index >= 15 is 0 Å². The number of hydrogen-bond donors (Lipinski definition) is 3. The molecule has 4 bridgehead atoms. The fourth-order valence-electron chi connectivity index (χ4n) is 7.26. The Morgan fingerprint density at radius 2 is 2.00 bits per heavy atom. The molecule has 1 aliphatic carbocycles. The van der Waals surface area contributed by atoms with E-state index in [-0.39, 0.29) is 43.7 Å². The average Bonchev–Trinajstić information content (AvgIpc) is 3.18. The number of piperidine rings is 1. The molecule has 0 amide bonds. The molecule has 1 aromatic rings.